The Bertz CT molecular complexity index is 706. The van der Waals surface area contributed by atoms with Gasteiger partial charge in [-0.05, 0) is 19.9 Å². The second kappa shape index (κ2) is 5.74. The van der Waals surface area contributed by atoms with Gasteiger partial charge in [0, 0.05) is 24.5 Å². The van der Waals surface area contributed by atoms with E-state index in [9.17, 15) is 9.59 Å². The van der Waals surface area contributed by atoms with E-state index in [0.717, 1.165) is 17.0 Å². The van der Waals surface area contributed by atoms with Crippen molar-refractivity contribution in [3.63, 3.8) is 0 Å². The molecule has 0 saturated carbocycles. The van der Waals surface area contributed by atoms with Gasteiger partial charge in [0.2, 0.25) is 5.91 Å². The molecule has 21 heavy (non-hydrogen) atoms. The van der Waals surface area contributed by atoms with Crippen LogP contribution in [0.2, 0.25) is 0 Å². The maximum Gasteiger partial charge on any atom is 0.337 e. The highest BCUT2D eigenvalue weighted by molar-refractivity contribution is 5.94. The van der Waals surface area contributed by atoms with Crippen LogP contribution in [0, 0.1) is 13.8 Å². The Labute approximate surface area is 121 Å². The molecule has 7 nitrogen and oxygen atoms in total. The second-order valence-corrected chi connectivity index (χ2v) is 4.77. The standard InChI is InChI=1S/C14H16N4O3/c1-8-12(9(2)18(3)17-8)5-13(19)16-11-4-10(14(20)21)6-15-7-11/h4,6-7H,5H2,1-3H3,(H,16,19)(H,20,21). The Balaban J connectivity index is 2.12. The van der Waals surface area contributed by atoms with Crippen LogP contribution in [0.1, 0.15) is 27.3 Å². The third-order valence-electron chi connectivity index (χ3n) is 3.27. The van der Waals surface area contributed by atoms with Crippen LogP contribution in [0.3, 0.4) is 0 Å². The lowest BCUT2D eigenvalue weighted by atomic mass is 10.1. The summed E-state index contributed by atoms with van der Waals surface area (Å²) in [6, 6.07) is 1.37. The van der Waals surface area contributed by atoms with Gasteiger partial charge in [0.25, 0.3) is 0 Å². The minimum Gasteiger partial charge on any atom is -0.478 e. The van der Waals surface area contributed by atoms with Gasteiger partial charge in [-0.2, -0.15) is 5.10 Å². The lowest BCUT2D eigenvalue weighted by Gasteiger charge is -2.06. The summed E-state index contributed by atoms with van der Waals surface area (Å²) in [5.74, 6) is -1.32. The topological polar surface area (TPSA) is 97.1 Å². The maximum atomic E-state index is 12.1. The van der Waals surface area contributed by atoms with Crippen LogP contribution in [0.15, 0.2) is 18.5 Å². The second-order valence-electron chi connectivity index (χ2n) is 4.77. The Morgan fingerprint density at radius 2 is 2.05 bits per heavy atom. The number of pyridine rings is 1. The van der Waals surface area contributed by atoms with Crippen molar-refractivity contribution >= 4 is 17.6 Å². The molecule has 0 bridgehead atoms. The van der Waals surface area contributed by atoms with Crippen LogP contribution in [0.5, 0.6) is 0 Å². The first kappa shape index (κ1) is 14.7. The van der Waals surface area contributed by atoms with E-state index >= 15 is 0 Å². The van der Waals surface area contributed by atoms with Gasteiger partial charge in [0.15, 0.2) is 0 Å². The zero-order chi connectivity index (χ0) is 15.6. The molecule has 0 aliphatic carbocycles. The zero-order valence-corrected chi connectivity index (χ0v) is 12.0. The number of aromatic carboxylic acids is 1. The summed E-state index contributed by atoms with van der Waals surface area (Å²) in [5, 5.41) is 15.8. The van der Waals surface area contributed by atoms with Crippen LogP contribution >= 0.6 is 0 Å². The molecule has 0 radical (unpaired) electrons. The summed E-state index contributed by atoms with van der Waals surface area (Å²) in [6.45, 7) is 3.75. The minimum absolute atomic E-state index is 0.0292. The van der Waals surface area contributed by atoms with Crippen LogP contribution in [0.4, 0.5) is 5.69 Å². The first-order chi connectivity index (χ1) is 9.88. The number of nitrogens with one attached hydrogen (secondary N) is 1. The van der Waals surface area contributed by atoms with Gasteiger partial charge < -0.3 is 10.4 Å². The molecule has 0 spiro atoms. The smallest absolute Gasteiger partial charge is 0.337 e. The van der Waals surface area contributed by atoms with E-state index in [-0.39, 0.29) is 17.9 Å². The molecule has 0 aromatic carbocycles. The van der Waals surface area contributed by atoms with E-state index in [1.807, 2.05) is 20.9 Å². The normalized spacial score (nSPS) is 10.4. The molecule has 0 saturated heterocycles. The molecule has 0 unspecified atom stereocenters. The molecule has 2 heterocycles. The molecule has 0 aliphatic heterocycles. The van der Waals surface area contributed by atoms with E-state index in [1.165, 1.54) is 18.5 Å². The number of aryl methyl sites for hydroxylation is 2. The molecule has 2 aromatic rings. The Morgan fingerprint density at radius 3 is 2.62 bits per heavy atom. The van der Waals surface area contributed by atoms with E-state index in [4.69, 9.17) is 5.11 Å². The van der Waals surface area contributed by atoms with Crippen molar-refractivity contribution in [3.8, 4) is 0 Å². The summed E-state index contributed by atoms with van der Waals surface area (Å²) in [7, 11) is 1.82. The fourth-order valence-electron chi connectivity index (χ4n) is 2.06. The summed E-state index contributed by atoms with van der Waals surface area (Å²) in [5.41, 5.74) is 3.00. The number of amides is 1. The van der Waals surface area contributed by atoms with Crippen molar-refractivity contribution in [2.45, 2.75) is 20.3 Å². The van der Waals surface area contributed by atoms with Gasteiger partial charge in [-0.3, -0.25) is 14.5 Å². The van der Waals surface area contributed by atoms with E-state index in [1.54, 1.807) is 4.68 Å². The van der Waals surface area contributed by atoms with Crippen molar-refractivity contribution in [2.24, 2.45) is 7.05 Å². The van der Waals surface area contributed by atoms with Crippen molar-refractivity contribution in [1.29, 1.82) is 0 Å². The molecule has 0 fully saturated rings. The molecule has 2 rings (SSSR count). The quantitative estimate of drug-likeness (QED) is 0.884. The summed E-state index contributed by atoms with van der Waals surface area (Å²) >= 11 is 0. The summed E-state index contributed by atoms with van der Waals surface area (Å²) < 4.78 is 1.73. The zero-order valence-electron chi connectivity index (χ0n) is 12.0. The van der Waals surface area contributed by atoms with E-state index < -0.39 is 5.97 Å². The van der Waals surface area contributed by atoms with Gasteiger partial charge in [0.05, 0.1) is 29.6 Å². The molecule has 110 valence electrons. The van der Waals surface area contributed by atoms with Gasteiger partial charge in [-0.15, -0.1) is 0 Å². The average Bonchev–Trinajstić information content (AvgIpc) is 2.65. The third-order valence-corrected chi connectivity index (χ3v) is 3.27. The molecular weight excluding hydrogens is 272 g/mol. The number of carboxylic acids is 1. The fraction of sp³-hybridized carbons (Fsp3) is 0.286. The van der Waals surface area contributed by atoms with Crippen molar-refractivity contribution in [3.05, 3.63) is 41.0 Å². The highest BCUT2D eigenvalue weighted by Crippen LogP contribution is 2.14. The Hall–Kier alpha value is -2.70. The summed E-state index contributed by atoms with van der Waals surface area (Å²) in [4.78, 5) is 26.7. The average molecular weight is 288 g/mol. The number of rotatable bonds is 4. The van der Waals surface area contributed by atoms with E-state index in [0.29, 0.717) is 5.69 Å². The van der Waals surface area contributed by atoms with Gasteiger partial charge in [0.1, 0.15) is 0 Å². The highest BCUT2D eigenvalue weighted by Gasteiger charge is 2.14. The molecule has 2 aromatic heterocycles. The maximum absolute atomic E-state index is 12.1. The van der Waals surface area contributed by atoms with Crippen molar-refractivity contribution in [2.75, 3.05) is 5.32 Å². The Morgan fingerprint density at radius 1 is 1.33 bits per heavy atom. The molecular formula is C14H16N4O3. The number of hydrogen-bond donors (Lipinski definition) is 2. The van der Waals surface area contributed by atoms with Crippen LogP contribution in [-0.2, 0) is 18.3 Å². The van der Waals surface area contributed by atoms with Gasteiger partial charge in [-0.25, -0.2) is 4.79 Å². The predicted molar refractivity (Wildman–Crippen MR) is 76.2 cm³/mol. The van der Waals surface area contributed by atoms with E-state index in [2.05, 4.69) is 15.4 Å². The molecule has 2 N–H and O–H groups in total. The number of hydrogen-bond acceptors (Lipinski definition) is 4. The summed E-state index contributed by atoms with van der Waals surface area (Å²) in [6.07, 6.45) is 2.82. The fourth-order valence-corrected chi connectivity index (χ4v) is 2.06. The van der Waals surface area contributed by atoms with Gasteiger partial charge >= 0.3 is 5.97 Å². The molecule has 0 atom stereocenters. The predicted octanol–water partition coefficient (Wildman–Crippen LogP) is 1.31. The number of carbonyl (C=O) groups excluding carboxylic acids is 1. The SMILES string of the molecule is Cc1nn(C)c(C)c1CC(=O)Nc1cncc(C(=O)O)c1. The first-order valence-electron chi connectivity index (χ1n) is 6.35. The van der Waals surface area contributed by atoms with Crippen molar-refractivity contribution < 1.29 is 14.7 Å². The third kappa shape index (κ3) is 3.25. The highest BCUT2D eigenvalue weighted by atomic mass is 16.4. The monoisotopic (exact) mass is 288 g/mol. The number of nitrogens with zero attached hydrogens (tertiary/aromatic N) is 3. The minimum atomic E-state index is -1.09. The lowest BCUT2D eigenvalue weighted by Crippen LogP contribution is -2.16. The molecule has 1 amide bonds. The number of anilines is 1. The number of carboxylic acid groups (broad SMARTS) is 1. The van der Waals surface area contributed by atoms with Crippen LogP contribution < -0.4 is 5.32 Å². The number of aromatic nitrogens is 3. The van der Waals surface area contributed by atoms with Gasteiger partial charge in [-0.1, -0.05) is 0 Å². The van der Waals surface area contributed by atoms with Crippen LogP contribution in [-0.4, -0.2) is 31.7 Å². The largest absolute Gasteiger partial charge is 0.478 e. The van der Waals surface area contributed by atoms with Crippen molar-refractivity contribution in [1.82, 2.24) is 14.8 Å². The Kier molecular flexibility index (Phi) is 4.02. The van der Waals surface area contributed by atoms with Crippen LogP contribution in [0.25, 0.3) is 0 Å². The first-order valence-corrected chi connectivity index (χ1v) is 6.35. The lowest BCUT2D eigenvalue weighted by molar-refractivity contribution is -0.115. The number of carbonyl (C=O) groups is 2. The molecule has 7 heteroatoms. The molecule has 0 aliphatic rings.